The molecule has 0 aliphatic carbocycles. The van der Waals surface area contributed by atoms with Gasteiger partial charge in [0, 0.05) is 28.4 Å². The highest BCUT2D eigenvalue weighted by Gasteiger charge is 2.15. The van der Waals surface area contributed by atoms with Gasteiger partial charge in [0.15, 0.2) is 0 Å². The average molecular weight is 966 g/mol. The molecule has 72 heavy (non-hydrogen) atoms. The molecule has 3 nitrogen and oxygen atoms in total. The van der Waals surface area contributed by atoms with Crippen LogP contribution in [0.1, 0.15) is 188 Å². The van der Waals surface area contributed by atoms with Crippen molar-refractivity contribution < 1.29 is 9.47 Å². The molecule has 384 valence electrons. The van der Waals surface area contributed by atoms with E-state index in [1.807, 2.05) is 0 Å². The van der Waals surface area contributed by atoms with Gasteiger partial charge < -0.3 is 14.0 Å². The number of benzene rings is 6. The summed E-state index contributed by atoms with van der Waals surface area (Å²) in [4.78, 5) is 0. The van der Waals surface area contributed by atoms with Crippen LogP contribution in [0.5, 0.6) is 11.5 Å². The number of nitrogens with zero attached hydrogens (tertiary/aromatic N) is 1. The summed E-state index contributed by atoms with van der Waals surface area (Å²) in [5.41, 5.74) is 12.6. The van der Waals surface area contributed by atoms with E-state index in [0.717, 1.165) is 50.0 Å². The topological polar surface area (TPSA) is 23.4 Å². The highest BCUT2D eigenvalue weighted by molar-refractivity contribution is 6.10. The molecule has 1 heterocycles. The second-order valence-electron chi connectivity index (χ2n) is 21.1. The summed E-state index contributed by atoms with van der Waals surface area (Å²) in [6.07, 6.45) is 33.0. The smallest absolute Gasteiger partial charge is 0.119 e. The Kier molecular flexibility index (Phi) is 23.2. The van der Waals surface area contributed by atoms with E-state index in [9.17, 15) is 0 Å². The molecular formula is C69H91NO2. The highest BCUT2D eigenvalue weighted by atomic mass is 16.5. The molecule has 0 saturated heterocycles. The van der Waals surface area contributed by atoms with Crippen molar-refractivity contribution >= 4 is 21.8 Å². The third-order valence-corrected chi connectivity index (χ3v) is 15.4. The molecule has 0 saturated carbocycles. The zero-order valence-corrected chi connectivity index (χ0v) is 45.3. The third kappa shape index (κ3) is 16.6. The average Bonchev–Trinajstić information content (AvgIpc) is 3.73. The fraction of sp³-hybridized carbons (Fsp3) is 0.478. The molecule has 1 atom stereocenters. The number of hydrogen-bond donors (Lipinski definition) is 0. The van der Waals surface area contributed by atoms with Crippen molar-refractivity contribution in [1.29, 1.82) is 0 Å². The molecule has 0 fully saturated rings. The van der Waals surface area contributed by atoms with E-state index in [4.69, 9.17) is 9.47 Å². The van der Waals surface area contributed by atoms with Crippen LogP contribution in [0.4, 0.5) is 0 Å². The molecule has 6 aromatic carbocycles. The first-order valence-corrected chi connectivity index (χ1v) is 29.3. The molecule has 7 aromatic rings. The van der Waals surface area contributed by atoms with Crippen LogP contribution in [-0.4, -0.2) is 17.8 Å². The molecule has 1 aromatic heterocycles. The van der Waals surface area contributed by atoms with Crippen molar-refractivity contribution in [2.45, 2.75) is 195 Å². The monoisotopic (exact) mass is 966 g/mol. The lowest BCUT2D eigenvalue weighted by Gasteiger charge is -2.16. The Morgan fingerprint density at radius 3 is 1.01 bits per heavy atom. The first kappa shape index (κ1) is 54.5. The summed E-state index contributed by atoms with van der Waals surface area (Å²) in [5, 5.41) is 2.68. The van der Waals surface area contributed by atoms with Crippen LogP contribution in [-0.2, 0) is 6.54 Å². The van der Waals surface area contributed by atoms with Gasteiger partial charge in [-0.25, -0.2) is 0 Å². The maximum Gasteiger partial charge on any atom is 0.119 e. The molecular weight excluding hydrogens is 875 g/mol. The Hall–Kier alpha value is -5.28. The zero-order valence-electron chi connectivity index (χ0n) is 45.3. The molecule has 0 N–H and O–H groups in total. The van der Waals surface area contributed by atoms with E-state index in [1.165, 1.54) is 214 Å². The Balaban J connectivity index is 1.05. The maximum atomic E-state index is 6.09. The molecule has 0 aliphatic heterocycles. The summed E-state index contributed by atoms with van der Waals surface area (Å²) < 4.78 is 14.8. The van der Waals surface area contributed by atoms with E-state index in [1.54, 1.807) is 0 Å². The first-order chi connectivity index (χ1) is 35.6. The highest BCUT2D eigenvalue weighted by Crippen LogP contribution is 2.37. The molecule has 0 aliphatic rings. The van der Waals surface area contributed by atoms with Gasteiger partial charge in [-0.05, 0) is 106 Å². The minimum atomic E-state index is 0.795. The minimum absolute atomic E-state index is 0.795. The molecule has 1 unspecified atom stereocenters. The van der Waals surface area contributed by atoms with Crippen molar-refractivity contribution in [2.75, 3.05) is 13.2 Å². The van der Waals surface area contributed by atoms with E-state index >= 15 is 0 Å². The van der Waals surface area contributed by atoms with E-state index in [-0.39, 0.29) is 0 Å². The fourth-order valence-corrected chi connectivity index (χ4v) is 11.0. The zero-order chi connectivity index (χ0) is 50.0. The van der Waals surface area contributed by atoms with Gasteiger partial charge in [-0.1, -0.05) is 266 Å². The molecule has 0 bridgehead atoms. The van der Waals surface area contributed by atoms with E-state index in [2.05, 4.69) is 166 Å². The Morgan fingerprint density at radius 2 is 0.625 bits per heavy atom. The van der Waals surface area contributed by atoms with Gasteiger partial charge in [-0.3, -0.25) is 0 Å². The van der Waals surface area contributed by atoms with Crippen molar-refractivity contribution in [3.63, 3.8) is 0 Å². The van der Waals surface area contributed by atoms with Gasteiger partial charge in [-0.15, -0.1) is 0 Å². The Labute approximate surface area is 437 Å². The standard InChI is InChI=1S/C69H91NO2/c1-5-9-12-15-18-22-28-55(27-8-4)29-23-21-24-50-70-68-53-62(60-34-30-56(31-35-60)58-38-44-64(45-39-58)71-51-25-19-16-13-10-6-2)42-48-66(68)67-49-43-63(54-69(67)70)61-36-32-57(33-37-61)59-40-46-65(47-41-59)72-52-26-20-17-14-11-7-3/h30-49,53-55H,5-29,50-52H2,1-4H3. The molecule has 0 spiro atoms. The Bertz CT molecular complexity index is 2400. The van der Waals surface area contributed by atoms with Crippen molar-refractivity contribution in [3.8, 4) is 56.0 Å². The number of hydrogen-bond acceptors (Lipinski definition) is 2. The number of rotatable bonds is 35. The first-order valence-electron chi connectivity index (χ1n) is 29.3. The van der Waals surface area contributed by atoms with E-state index < -0.39 is 0 Å². The summed E-state index contributed by atoms with van der Waals surface area (Å²) in [5.74, 6) is 2.81. The summed E-state index contributed by atoms with van der Waals surface area (Å²) in [7, 11) is 0. The van der Waals surface area contributed by atoms with Crippen LogP contribution >= 0.6 is 0 Å². The number of fused-ring (bicyclic) bond motifs is 3. The lowest BCUT2D eigenvalue weighted by Crippen LogP contribution is -2.02. The minimum Gasteiger partial charge on any atom is -0.494 e. The van der Waals surface area contributed by atoms with Gasteiger partial charge in [0.1, 0.15) is 11.5 Å². The van der Waals surface area contributed by atoms with Crippen LogP contribution in [0.15, 0.2) is 133 Å². The van der Waals surface area contributed by atoms with Crippen LogP contribution in [0, 0.1) is 5.92 Å². The summed E-state index contributed by atoms with van der Waals surface area (Å²) in [6, 6.07) is 49.9. The van der Waals surface area contributed by atoms with Gasteiger partial charge in [0.25, 0.3) is 0 Å². The predicted octanol–water partition coefficient (Wildman–Crippen LogP) is 21.7. The predicted molar refractivity (Wildman–Crippen MR) is 314 cm³/mol. The van der Waals surface area contributed by atoms with Crippen LogP contribution < -0.4 is 9.47 Å². The lowest BCUT2D eigenvalue weighted by atomic mass is 9.91. The van der Waals surface area contributed by atoms with E-state index in [0.29, 0.717) is 0 Å². The Morgan fingerprint density at radius 1 is 0.306 bits per heavy atom. The lowest BCUT2D eigenvalue weighted by molar-refractivity contribution is 0.304. The number of ether oxygens (including phenoxy) is 2. The second kappa shape index (κ2) is 30.7. The van der Waals surface area contributed by atoms with Crippen LogP contribution in [0.25, 0.3) is 66.3 Å². The van der Waals surface area contributed by atoms with Crippen LogP contribution in [0.3, 0.4) is 0 Å². The summed E-state index contributed by atoms with van der Waals surface area (Å²) >= 11 is 0. The van der Waals surface area contributed by atoms with Crippen molar-refractivity contribution in [3.05, 3.63) is 133 Å². The molecule has 0 radical (unpaired) electrons. The van der Waals surface area contributed by atoms with Gasteiger partial charge in [0.2, 0.25) is 0 Å². The fourth-order valence-electron chi connectivity index (χ4n) is 11.0. The number of aryl methyl sites for hydroxylation is 1. The van der Waals surface area contributed by atoms with Gasteiger partial charge in [-0.2, -0.15) is 0 Å². The van der Waals surface area contributed by atoms with Gasteiger partial charge >= 0.3 is 0 Å². The number of unbranched alkanes of at least 4 members (excludes halogenated alkanes) is 17. The quantitative estimate of drug-likeness (QED) is 0.0370. The molecule has 3 heteroatoms. The third-order valence-electron chi connectivity index (χ3n) is 15.4. The molecule has 0 amide bonds. The van der Waals surface area contributed by atoms with Crippen LogP contribution in [0.2, 0.25) is 0 Å². The maximum absolute atomic E-state index is 6.09. The van der Waals surface area contributed by atoms with Crippen molar-refractivity contribution in [1.82, 2.24) is 4.57 Å². The largest absolute Gasteiger partial charge is 0.494 e. The second-order valence-corrected chi connectivity index (χ2v) is 21.1. The number of aromatic nitrogens is 1. The van der Waals surface area contributed by atoms with Gasteiger partial charge in [0.05, 0.1) is 13.2 Å². The molecule has 7 rings (SSSR count). The SMILES string of the molecule is CCCCCCCCOc1ccc(-c2ccc(-c3ccc4c5ccc(-c6ccc(-c7ccc(OCCCCCCCC)cc7)cc6)cc5n(CCCCCC(CCC)CCCCCCCC)c4c3)cc2)cc1. The summed E-state index contributed by atoms with van der Waals surface area (Å²) in [6.45, 7) is 11.8. The van der Waals surface area contributed by atoms with Crippen molar-refractivity contribution in [2.24, 2.45) is 5.92 Å². The normalized spacial score (nSPS) is 12.0.